The maximum Gasteiger partial charge on any atom is 0.408 e. The van der Waals surface area contributed by atoms with E-state index in [9.17, 15) is 4.79 Å². The molecular weight excluding hydrogens is 318 g/mol. The number of carbonyl (C=O) groups excluding carboxylic acids is 1. The average Bonchev–Trinajstić information content (AvgIpc) is 2.93. The van der Waals surface area contributed by atoms with Crippen LogP contribution in [0.25, 0.3) is 0 Å². The first-order chi connectivity index (χ1) is 11.8. The van der Waals surface area contributed by atoms with Crippen LogP contribution in [0.5, 0.6) is 5.75 Å². The van der Waals surface area contributed by atoms with Crippen molar-refractivity contribution < 1.29 is 14.3 Å². The van der Waals surface area contributed by atoms with E-state index in [0.717, 1.165) is 12.1 Å². The Balaban J connectivity index is 1.80. The maximum atomic E-state index is 11.5. The molecule has 2 heterocycles. The van der Waals surface area contributed by atoms with Crippen molar-refractivity contribution in [2.24, 2.45) is 0 Å². The highest BCUT2D eigenvalue weighted by molar-refractivity contribution is 5.68. The molecule has 1 fully saturated rings. The van der Waals surface area contributed by atoms with Crippen molar-refractivity contribution in [1.82, 2.24) is 15.2 Å². The highest BCUT2D eigenvalue weighted by Crippen LogP contribution is 2.17. The van der Waals surface area contributed by atoms with Crippen molar-refractivity contribution in [3.63, 3.8) is 0 Å². The lowest BCUT2D eigenvalue weighted by molar-refractivity contribution is 0.0535. The van der Waals surface area contributed by atoms with Gasteiger partial charge in [0.2, 0.25) is 0 Å². The normalized spacial score (nSPS) is 17.5. The third-order valence-corrected chi connectivity index (χ3v) is 3.78. The molecule has 1 unspecified atom stereocenters. The number of nitrogens with one attached hydrogen (secondary N) is 1. The number of likely N-dealkylation sites (N-methyl/N-ethyl adjacent to an activating group) is 1. The van der Waals surface area contributed by atoms with Crippen LogP contribution in [-0.2, 0) is 4.74 Å². The zero-order valence-electron chi connectivity index (χ0n) is 15.5. The number of pyridine rings is 1. The molecule has 0 bridgehead atoms. The fourth-order valence-electron chi connectivity index (χ4n) is 2.53. The van der Waals surface area contributed by atoms with Gasteiger partial charge >= 0.3 is 6.09 Å². The summed E-state index contributed by atoms with van der Waals surface area (Å²) in [5, 5.41) is 2.60. The molecule has 0 aromatic carbocycles. The second kappa shape index (κ2) is 8.72. The first kappa shape index (κ1) is 19.1. The third-order valence-electron chi connectivity index (χ3n) is 3.78. The minimum absolute atomic E-state index is 0.215. The van der Waals surface area contributed by atoms with Crippen molar-refractivity contribution in [2.45, 2.75) is 45.3 Å². The SMILES string of the molecule is CN1CCCC1COc1cncc(C#CCNC(=O)OC(C)(C)C)c1. The molecule has 1 atom stereocenters. The zero-order valence-corrected chi connectivity index (χ0v) is 15.5. The summed E-state index contributed by atoms with van der Waals surface area (Å²) in [7, 11) is 2.12. The summed E-state index contributed by atoms with van der Waals surface area (Å²) in [4.78, 5) is 18.0. The van der Waals surface area contributed by atoms with E-state index in [0.29, 0.717) is 18.4 Å². The maximum absolute atomic E-state index is 11.5. The Morgan fingerprint density at radius 1 is 1.44 bits per heavy atom. The highest BCUT2D eigenvalue weighted by Gasteiger charge is 2.21. The van der Waals surface area contributed by atoms with Gasteiger partial charge in [-0.3, -0.25) is 4.98 Å². The van der Waals surface area contributed by atoms with Gasteiger partial charge in [0.05, 0.1) is 12.7 Å². The molecule has 136 valence electrons. The number of alkyl carbamates (subject to hydrolysis) is 1. The number of rotatable bonds is 4. The lowest BCUT2D eigenvalue weighted by Gasteiger charge is -2.19. The van der Waals surface area contributed by atoms with Gasteiger partial charge < -0.3 is 19.7 Å². The van der Waals surface area contributed by atoms with Crippen molar-refractivity contribution in [3.05, 3.63) is 24.0 Å². The first-order valence-corrected chi connectivity index (χ1v) is 8.57. The highest BCUT2D eigenvalue weighted by atomic mass is 16.6. The minimum atomic E-state index is -0.513. The molecule has 0 aliphatic carbocycles. The van der Waals surface area contributed by atoms with Gasteiger partial charge in [-0.15, -0.1) is 0 Å². The van der Waals surface area contributed by atoms with Gasteiger partial charge in [-0.2, -0.15) is 0 Å². The molecule has 6 nitrogen and oxygen atoms in total. The van der Waals surface area contributed by atoms with E-state index in [-0.39, 0.29) is 6.54 Å². The summed E-state index contributed by atoms with van der Waals surface area (Å²) in [6.07, 6.45) is 5.28. The van der Waals surface area contributed by atoms with Crippen LogP contribution >= 0.6 is 0 Å². The van der Waals surface area contributed by atoms with Crippen LogP contribution in [0, 0.1) is 11.8 Å². The largest absolute Gasteiger partial charge is 0.490 e. The van der Waals surface area contributed by atoms with Crippen LogP contribution in [0.4, 0.5) is 4.79 Å². The Hall–Kier alpha value is -2.26. The molecule has 25 heavy (non-hydrogen) atoms. The summed E-state index contributed by atoms with van der Waals surface area (Å²) in [5.41, 5.74) is 0.240. The predicted octanol–water partition coefficient (Wildman–Crippen LogP) is 2.43. The molecule has 1 aromatic rings. The smallest absolute Gasteiger partial charge is 0.408 e. The monoisotopic (exact) mass is 345 g/mol. The van der Waals surface area contributed by atoms with E-state index < -0.39 is 11.7 Å². The van der Waals surface area contributed by atoms with E-state index in [2.05, 4.69) is 34.1 Å². The quantitative estimate of drug-likeness (QED) is 0.849. The van der Waals surface area contributed by atoms with Gasteiger partial charge in [0, 0.05) is 17.8 Å². The number of amides is 1. The van der Waals surface area contributed by atoms with Crippen LogP contribution in [-0.4, -0.2) is 54.4 Å². The molecule has 1 aromatic heterocycles. The molecule has 1 N–H and O–H groups in total. The number of likely N-dealkylation sites (tertiary alicyclic amines) is 1. The summed E-state index contributed by atoms with van der Waals surface area (Å²) < 4.78 is 11.0. The van der Waals surface area contributed by atoms with Gasteiger partial charge in [0.1, 0.15) is 18.0 Å². The molecule has 1 aliphatic heterocycles. The molecule has 0 spiro atoms. The third kappa shape index (κ3) is 7.02. The van der Waals surface area contributed by atoms with E-state index in [1.165, 1.54) is 12.8 Å². The molecule has 0 saturated carbocycles. The van der Waals surface area contributed by atoms with Gasteiger partial charge in [0.25, 0.3) is 0 Å². The number of carbonyl (C=O) groups is 1. The Bertz CT molecular complexity index is 643. The fourth-order valence-corrected chi connectivity index (χ4v) is 2.53. The van der Waals surface area contributed by atoms with Gasteiger partial charge in [-0.05, 0) is 53.3 Å². The molecule has 1 aliphatic rings. The minimum Gasteiger partial charge on any atom is -0.490 e. The van der Waals surface area contributed by atoms with Crippen molar-refractivity contribution in [2.75, 3.05) is 26.7 Å². The molecule has 6 heteroatoms. The molecule has 2 rings (SSSR count). The van der Waals surface area contributed by atoms with Crippen LogP contribution in [0.1, 0.15) is 39.2 Å². The standard InChI is InChI=1S/C19H27N3O3/c1-19(2,3)25-18(23)21-9-5-7-15-11-17(13-20-12-15)24-14-16-8-6-10-22(16)4/h11-13,16H,6,8-10,14H2,1-4H3,(H,21,23). The lowest BCUT2D eigenvalue weighted by atomic mass is 10.2. The number of hydrogen-bond acceptors (Lipinski definition) is 5. The second-order valence-corrected chi connectivity index (χ2v) is 7.15. The Morgan fingerprint density at radius 2 is 2.24 bits per heavy atom. The Morgan fingerprint density at radius 3 is 2.92 bits per heavy atom. The summed E-state index contributed by atoms with van der Waals surface area (Å²) >= 11 is 0. The van der Waals surface area contributed by atoms with Crippen molar-refractivity contribution in [3.8, 4) is 17.6 Å². The summed E-state index contributed by atoms with van der Waals surface area (Å²) in [5.74, 6) is 6.57. The zero-order chi connectivity index (χ0) is 18.3. The predicted molar refractivity (Wildman–Crippen MR) is 96.5 cm³/mol. The topological polar surface area (TPSA) is 63.7 Å². The van der Waals surface area contributed by atoms with Gasteiger partial charge in [-0.25, -0.2) is 4.79 Å². The van der Waals surface area contributed by atoms with Crippen molar-refractivity contribution in [1.29, 1.82) is 0 Å². The van der Waals surface area contributed by atoms with E-state index >= 15 is 0 Å². The van der Waals surface area contributed by atoms with E-state index in [1.807, 2.05) is 26.8 Å². The number of nitrogens with zero attached hydrogens (tertiary/aromatic N) is 2. The summed E-state index contributed by atoms with van der Waals surface area (Å²) in [6, 6.07) is 2.33. The molecule has 0 radical (unpaired) electrons. The number of hydrogen-bond donors (Lipinski definition) is 1. The Labute approximate surface area is 149 Å². The number of aromatic nitrogens is 1. The Kier molecular flexibility index (Phi) is 6.65. The lowest BCUT2D eigenvalue weighted by Crippen LogP contribution is -2.32. The molecule has 1 amide bonds. The first-order valence-electron chi connectivity index (χ1n) is 8.57. The van der Waals surface area contributed by atoms with Gasteiger partial charge in [-0.1, -0.05) is 11.8 Å². The molecule has 1 saturated heterocycles. The van der Waals surface area contributed by atoms with Crippen LogP contribution in [0.2, 0.25) is 0 Å². The van der Waals surface area contributed by atoms with E-state index in [1.54, 1.807) is 12.4 Å². The van der Waals surface area contributed by atoms with Crippen LogP contribution < -0.4 is 10.1 Å². The summed E-state index contributed by atoms with van der Waals surface area (Å²) in [6.45, 7) is 7.46. The van der Waals surface area contributed by atoms with Crippen LogP contribution in [0.15, 0.2) is 18.5 Å². The fraction of sp³-hybridized carbons (Fsp3) is 0.579. The number of ether oxygens (including phenoxy) is 2. The average molecular weight is 345 g/mol. The second-order valence-electron chi connectivity index (χ2n) is 7.15. The van der Waals surface area contributed by atoms with E-state index in [4.69, 9.17) is 9.47 Å². The van der Waals surface area contributed by atoms with Crippen molar-refractivity contribution >= 4 is 6.09 Å². The van der Waals surface area contributed by atoms with Crippen LogP contribution in [0.3, 0.4) is 0 Å². The van der Waals surface area contributed by atoms with Gasteiger partial charge in [0.15, 0.2) is 0 Å². The molecular formula is C19H27N3O3.